The molecule has 1 atom stereocenters. The van der Waals surface area contributed by atoms with Gasteiger partial charge in [-0.25, -0.2) is 0 Å². The lowest BCUT2D eigenvalue weighted by atomic mass is 10.4. The average Bonchev–Trinajstić information content (AvgIpc) is 1.64. The van der Waals surface area contributed by atoms with Crippen LogP contribution in [0.25, 0.3) is 0 Å². The summed E-state index contributed by atoms with van der Waals surface area (Å²) in [6.07, 6.45) is 0.917. The molecular formula is C4H9N3O. The van der Waals surface area contributed by atoms with Gasteiger partial charge in [-0.2, -0.15) is 0 Å². The molecule has 0 amide bonds. The van der Waals surface area contributed by atoms with Crippen molar-refractivity contribution in [2.24, 2.45) is 5.73 Å². The van der Waals surface area contributed by atoms with E-state index in [1.807, 2.05) is 0 Å². The van der Waals surface area contributed by atoms with Gasteiger partial charge >= 0.3 is 0 Å². The average molecular weight is 115 g/mol. The van der Waals surface area contributed by atoms with Crippen LogP contribution in [0.4, 0.5) is 0 Å². The molecule has 8 heavy (non-hydrogen) atoms. The van der Waals surface area contributed by atoms with E-state index in [2.05, 4.69) is 10.6 Å². The summed E-state index contributed by atoms with van der Waals surface area (Å²) in [6, 6.07) is 0. The first-order chi connectivity index (χ1) is 3.79. The summed E-state index contributed by atoms with van der Waals surface area (Å²) in [6.45, 7) is 0.531. The Balaban J connectivity index is 2.50. The maximum atomic E-state index is 8.77. The molecular weight excluding hydrogens is 106 g/mol. The van der Waals surface area contributed by atoms with Crippen LogP contribution in [0.3, 0.4) is 0 Å². The molecule has 5 N–H and O–H groups in total. The van der Waals surface area contributed by atoms with Crippen LogP contribution in [0.2, 0.25) is 0 Å². The Labute approximate surface area is 47.4 Å². The molecule has 0 aromatic heterocycles. The predicted octanol–water partition coefficient (Wildman–Crippen LogP) is -1.74. The van der Waals surface area contributed by atoms with E-state index in [0.717, 1.165) is 0 Å². The van der Waals surface area contributed by atoms with E-state index in [0.29, 0.717) is 12.5 Å². The second-order valence-corrected chi connectivity index (χ2v) is 1.62. The molecule has 1 rings (SSSR count). The summed E-state index contributed by atoms with van der Waals surface area (Å²) in [5, 5.41) is 14.3. The molecule has 46 valence electrons. The second-order valence-electron chi connectivity index (χ2n) is 1.62. The third-order valence-corrected chi connectivity index (χ3v) is 0.941. The van der Waals surface area contributed by atoms with Gasteiger partial charge < -0.3 is 16.2 Å². The monoisotopic (exact) mass is 115 g/mol. The van der Waals surface area contributed by atoms with Crippen LogP contribution < -0.4 is 16.4 Å². The highest BCUT2D eigenvalue weighted by Gasteiger charge is 2.03. The lowest BCUT2D eigenvalue weighted by Crippen LogP contribution is -2.42. The first-order valence-electron chi connectivity index (χ1n) is 2.41. The zero-order valence-electron chi connectivity index (χ0n) is 4.39. The van der Waals surface area contributed by atoms with Crippen LogP contribution >= 0.6 is 0 Å². The van der Waals surface area contributed by atoms with Crippen LogP contribution in [0.5, 0.6) is 0 Å². The molecule has 1 aliphatic rings. The Hall–Kier alpha value is -0.740. The first kappa shape index (κ1) is 5.40. The van der Waals surface area contributed by atoms with Crippen molar-refractivity contribution in [3.63, 3.8) is 0 Å². The minimum absolute atomic E-state index is 0.524. The number of hydrogen-bond acceptors (Lipinski definition) is 4. The molecule has 1 heterocycles. The summed E-state index contributed by atoms with van der Waals surface area (Å²) in [5.74, 6) is 0.524. The smallest absolute Gasteiger partial charge is 0.129 e. The maximum absolute atomic E-state index is 8.77. The Bertz CT molecular complexity index is 112. The molecule has 0 aromatic rings. The molecule has 0 saturated carbocycles. The van der Waals surface area contributed by atoms with Gasteiger partial charge in [-0.3, -0.25) is 5.32 Å². The fourth-order valence-corrected chi connectivity index (χ4v) is 0.546. The highest BCUT2D eigenvalue weighted by atomic mass is 16.3. The van der Waals surface area contributed by atoms with Gasteiger partial charge in [0.2, 0.25) is 0 Å². The second kappa shape index (κ2) is 2.02. The SMILES string of the molecule is NC1=CC(O)NCN1. The van der Waals surface area contributed by atoms with E-state index in [1.54, 1.807) is 0 Å². The van der Waals surface area contributed by atoms with Crippen molar-refractivity contribution in [1.29, 1.82) is 0 Å². The van der Waals surface area contributed by atoms with Crippen molar-refractivity contribution >= 4 is 0 Å². The summed E-state index contributed by atoms with van der Waals surface area (Å²) in [5.41, 5.74) is 5.28. The third kappa shape index (κ3) is 1.11. The van der Waals surface area contributed by atoms with E-state index < -0.39 is 6.23 Å². The number of aliphatic hydroxyl groups excluding tert-OH is 1. The zero-order chi connectivity index (χ0) is 5.98. The minimum atomic E-state index is -0.587. The van der Waals surface area contributed by atoms with Crippen molar-refractivity contribution in [2.45, 2.75) is 6.23 Å². The zero-order valence-corrected chi connectivity index (χ0v) is 4.39. The van der Waals surface area contributed by atoms with E-state index >= 15 is 0 Å². The van der Waals surface area contributed by atoms with Gasteiger partial charge in [0.05, 0.1) is 12.5 Å². The van der Waals surface area contributed by atoms with Gasteiger partial charge in [-0.1, -0.05) is 0 Å². The van der Waals surface area contributed by atoms with Crippen LogP contribution in [0.1, 0.15) is 0 Å². The van der Waals surface area contributed by atoms with Crippen molar-refractivity contribution in [3.05, 3.63) is 11.9 Å². The quantitative estimate of drug-likeness (QED) is 0.302. The number of hydrogen-bond donors (Lipinski definition) is 4. The molecule has 0 bridgehead atoms. The summed E-state index contributed by atoms with van der Waals surface area (Å²) in [4.78, 5) is 0. The Morgan fingerprint density at radius 2 is 2.62 bits per heavy atom. The standard InChI is InChI=1S/C4H9N3O/c5-3-1-4(8)7-2-6-3/h1,4,6-8H,2,5H2. The van der Waals surface area contributed by atoms with Crippen LogP contribution in [0, 0.1) is 0 Å². The highest BCUT2D eigenvalue weighted by Crippen LogP contribution is 1.86. The first-order valence-corrected chi connectivity index (χ1v) is 2.41. The van der Waals surface area contributed by atoms with Crippen LogP contribution in [-0.4, -0.2) is 18.0 Å². The molecule has 0 fully saturated rings. The normalized spacial score (nSPS) is 28.6. The fraction of sp³-hybridized carbons (Fsp3) is 0.500. The molecule has 1 unspecified atom stereocenters. The number of aliphatic hydroxyl groups is 1. The number of rotatable bonds is 0. The van der Waals surface area contributed by atoms with E-state index in [1.165, 1.54) is 6.08 Å². The number of nitrogens with one attached hydrogen (secondary N) is 2. The molecule has 1 aliphatic heterocycles. The highest BCUT2D eigenvalue weighted by molar-refractivity contribution is 5.00. The molecule has 0 radical (unpaired) electrons. The lowest BCUT2D eigenvalue weighted by molar-refractivity contribution is 0.173. The van der Waals surface area contributed by atoms with Gasteiger partial charge in [0.1, 0.15) is 6.23 Å². The Morgan fingerprint density at radius 3 is 3.00 bits per heavy atom. The minimum Gasteiger partial charge on any atom is -0.386 e. The fourth-order valence-electron chi connectivity index (χ4n) is 0.546. The van der Waals surface area contributed by atoms with Crippen LogP contribution in [0.15, 0.2) is 11.9 Å². The molecule has 4 nitrogen and oxygen atoms in total. The maximum Gasteiger partial charge on any atom is 0.129 e. The van der Waals surface area contributed by atoms with Crippen molar-refractivity contribution in [3.8, 4) is 0 Å². The summed E-state index contributed by atoms with van der Waals surface area (Å²) < 4.78 is 0. The van der Waals surface area contributed by atoms with Gasteiger partial charge in [0.25, 0.3) is 0 Å². The Kier molecular flexibility index (Phi) is 1.36. The van der Waals surface area contributed by atoms with Gasteiger partial charge in [-0.15, -0.1) is 0 Å². The van der Waals surface area contributed by atoms with E-state index in [-0.39, 0.29) is 0 Å². The third-order valence-electron chi connectivity index (χ3n) is 0.941. The lowest BCUT2D eigenvalue weighted by Gasteiger charge is -2.17. The van der Waals surface area contributed by atoms with Gasteiger partial charge in [0, 0.05) is 0 Å². The largest absolute Gasteiger partial charge is 0.386 e. The van der Waals surface area contributed by atoms with Crippen molar-refractivity contribution in [1.82, 2.24) is 10.6 Å². The number of nitrogens with two attached hydrogens (primary N) is 1. The van der Waals surface area contributed by atoms with Gasteiger partial charge in [-0.05, 0) is 6.08 Å². The molecule has 0 saturated heterocycles. The summed E-state index contributed by atoms with van der Waals surface area (Å²) in [7, 11) is 0. The van der Waals surface area contributed by atoms with E-state index in [9.17, 15) is 0 Å². The van der Waals surface area contributed by atoms with Crippen LogP contribution in [-0.2, 0) is 0 Å². The molecule has 0 spiro atoms. The van der Waals surface area contributed by atoms with Crippen molar-refractivity contribution in [2.75, 3.05) is 6.67 Å². The van der Waals surface area contributed by atoms with E-state index in [4.69, 9.17) is 10.8 Å². The molecule has 0 aliphatic carbocycles. The predicted molar refractivity (Wildman–Crippen MR) is 29.4 cm³/mol. The molecule has 4 heteroatoms. The molecule has 0 aromatic carbocycles. The Morgan fingerprint density at radius 1 is 1.88 bits per heavy atom. The van der Waals surface area contributed by atoms with Gasteiger partial charge in [0.15, 0.2) is 0 Å². The van der Waals surface area contributed by atoms with Crippen molar-refractivity contribution < 1.29 is 5.11 Å². The topological polar surface area (TPSA) is 70.3 Å². The summed E-state index contributed by atoms with van der Waals surface area (Å²) >= 11 is 0.